The predicted octanol–water partition coefficient (Wildman–Crippen LogP) is 4.07. The van der Waals surface area contributed by atoms with E-state index in [9.17, 15) is 13.6 Å². The van der Waals surface area contributed by atoms with Gasteiger partial charge in [-0.05, 0) is 51.6 Å². The number of para-hydroxylation sites is 1. The zero-order chi connectivity index (χ0) is 21.6. The van der Waals surface area contributed by atoms with Crippen LogP contribution in [0.4, 0.5) is 8.78 Å². The lowest BCUT2D eigenvalue weighted by molar-refractivity contribution is -0.164. The standard InChI is InChI=1S/C22H34F2N2O3/c1-15(2)13-26(14-17-8-6-7-9-18(17)28-21(23)24)19(16-10-11-25-12-16)20(27)29-22(3,4)5/h6-9,15-16,19,21,25H,10-14H2,1-5H3/t16-,19?/m1/s1. The quantitative estimate of drug-likeness (QED) is 0.620. The second kappa shape index (κ2) is 10.3. The molecule has 0 amide bonds. The third-order valence-corrected chi connectivity index (χ3v) is 4.75. The number of halogens is 2. The molecule has 1 saturated heterocycles. The highest BCUT2D eigenvalue weighted by Crippen LogP contribution is 2.28. The van der Waals surface area contributed by atoms with Crippen molar-refractivity contribution in [2.24, 2.45) is 11.8 Å². The fourth-order valence-electron chi connectivity index (χ4n) is 3.76. The van der Waals surface area contributed by atoms with Crippen molar-refractivity contribution in [2.45, 2.75) is 65.8 Å². The molecule has 7 heteroatoms. The van der Waals surface area contributed by atoms with Crippen molar-refractivity contribution in [1.82, 2.24) is 10.2 Å². The smallest absolute Gasteiger partial charge is 0.387 e. The van der Waals surface area contributed by atoms with E-state index < -0.39 is 18.3 Å². The van der Waals surface area contributed by atoms with E-state index in [1.165, 1.54) is 6.07 Å². The summed E-state index contributed by atoms with van der Waals surface area (Å²) >= 11 is 0. The number of nitrogens with one attached hydrogen (secondary N) is 1. The van der Waals surface area contributed by atoms with E-state index in [2.05, 4.69) is 24.1 Å². The van der Waals surface area contributed by atoms with E-state index in [-0.39, 0.29) is 23.6 Å². The van der Waals surface area contributed by atoms with Gasteiger partial charge in [0.2, 0.25) is 0 Å². The first-order valence-corrected chi connectivity index (χ1v) is 10.3. The first-order chi connectivity index (χ1) is 13.6. The molecule has 2 rings (SSSR count). The van der Waals surface area contributed by atoms with Gasteiger partial charge in [0.15, 0.2) is 0 Å². The molecule has 0 aliphatic carbocycles. The van der Waals surface area contributed by atoms with E-state index in [0.717, 1.165) is 19.5 Å². The molecule has 29 heavy (non-hydrogen) atoms. The van der Waals surface area contributed by atoms with E-state index in [1.807, 2.05) is 20.8 Å². The number of nitrogens with zero attached hydrogens (tertiary/aromatic N) is 1. The molecular formula is C22H34F2N2O3. The Morgan fingerprint density at radius 1 is 1.28 bits per heavy atom. The minimum Gasteiger partial charge on any atom is -0.459 e. The molecule has 1 fully saturated rings. The van der Waals surface area contributed by atoms with Gasteiger partial charge in [0.25, 0.3) is 0 Å². The Bertz CT molecular complexity index is 656. The van der Waals surface area contributed by atoms with Crippen molar-refractivity contribution in [3.8, 4) is 5.75 Å². The van der Waals surface area contributed by atoms with E-state index in [1.54, 1.807) is 18.2 Å². The number of alkyl halides is 2. The molecule has 1 N–H and O–H groups in total. The molecule has 0 bridgehead atoms. The maximum Gasteiger partial charge on any atom is 0.387 e. The highest BCUT2D eigenvalue weighted by Gasteiger charge is 2.38. The molecule has 0 saturated carbocycles. The van der Waals surface area contributed by atoms with Crippen molar-refractivity contribution >= 4 is 5.97 Å². The van der Waals surface area contributed by atoms with E-state index in [0.29, 0.717) is 18.7 Å². The summed E-state index contributed by atoms with van der Waals surface area (Å²) in [6.07, 6.45) is 0.869. The fraction of sp³-hybridized carbons (Fsp3) is 0.682. The Kier molecular flexibility index (Phi) is 8.40. The van der Waals surface area contributed by atoms with Gasteiger partial charge < -0.3 is 14.8 Å². The van der Waals surface area contributed by atoms with Gasteiger partial charge in [-0.25, -0.2) is 0 Å². The Hall–Kier alpha value is -1.73. The molecule has 1 aromatic rings. The van der Waals surface area contributed by atoms with Gasteiger partial charge in [-0.3, -0.25) is 9.69 Å². The van der Waals surface area contributed by atoms with Crippen LogP contribution in [0.25, 0.3) is 0 Å². The highest BCUT2D eigenvalue weighted by atomic mass is 19.3. The molecule has 2 atom stereocenters. The lowest BCUT2D eigenvalue weighted by atomic mass is 9.95. The number of hydrogen-bond acceptors (Lipinski definition) is 5. The maximum atomic E-state index is 13.2. The lowest BCUT2D eigenvalue weighted by Gasteiger charge is -2.36. The number of rotatable bonds is 9. The van der Waals surface area contributed by atoms with Crippen LogP contribution in [-0.4, -0.2) is 48.8 Å². The van der Waals surface area contributed by atoms with E-state index >= 15 is 0 Å². The van der Waals surface area contributed by atoms with Gasteiger partial charge in [0, 0.05) is 25.2 Å². The summed E-state index contributed by atoms with van der Waals surface area (Å²) in [5.41, 5.74) is 0.0367. The second-order valence-corrected chi connectivity index (χ2v) is 9.04. The van der Waals surface area contributed by atoms with Crippen LogP contribution in [0.1, 0.15) is 46.6 Å². The predicted molar refractivity (Wildman–Crippen MR) is 109 cm³/mol. The largest absolute Gasteiger partial charge is 0.459 e. The minimum atomic E-state index is -2.89. The third-order valence-electron chi connectivity index (χ3n) is 4.75. The Balaban J connectivity index is 2.34. The topological polar surface area (TPSA) is 50.8 Å². The van der Waals surface area contributed by atoms with Crippen LogP contribution in [0.15, 0.2) is 24.3 Å². The zero-order valence-electron chi connectivity index (χ0n) is 18.1. The number of benzene rings is 1. The second-order valence-electron chi connectivity index (χ2n) is 9.04. The average molecular weight is 413 g/mol. The molecule has 1 heterocycles. The molecule has 1 aromatic carbocycles. The first kappa shape index (κ1) is 23.5. The molecule has 1 unspecified atom stereocenters. The molecule has 1 aliphatic rings. The summed E-state index contributed by atoms with van der Waals surface area (Å²) < 4.78 is 36.2. The number of hydrogen-bond donors (Lipinski definition) is 1. The summed E-state index contributed by atoms with van der Waals surface area (Å²) in [6.45, 7) is 9.38. The van der Waals surface area contributed by atoms with Gasteiger partial charge in [0.1, 0.15) is 17.4 Å². The van der Waals surface area contributed by atoms with Gasteiger partial charge in [-0.1, -0.05) is 32.0 Å². The summed E-state index contributed by atoms with van der Waals surface area (Å²) in [5, 5.41) is 3.32. The van der Waals surface area contributed by atoms with Crippen LogP contribution < -0.4 is 10.1 Å². The Labute approximate surface area is 172 Å². The normalized spacial score (nSPS) is 18.5. The van der Waals surface area contributed by atoms with Gasteiger partial charge in [-0.15, -0.1) is 0 Å². The molecule has 164 valence electrons. The maximum absolute atomic E-state index is 13.2. The SMILES string of the molecule is CC(C)CN(Cc1ccccc1OC(F)F)C(C(=O)OC(C)(C)C)[C@@H]1CCNC1. The molecular weight excluding hydrogens is 378 g/mol. The highest BCUT2D eigenvalue weighted by molar-refractivity contribution is 5.76. The number of carbonyl (C=O) groups excluding carboxylic acids is 1. The molecule has 0 spiro atoms. The monoisotopic (exact) mass is 412 g/mol. The van der Waals surface area contributed by atoms with Crippen molar-refractivity contribution in [2.75, 3.05) is 19.6 Å². The molecule has 5 nitrogen and oxygen atoms in total. The van der Waals surface area contributed by atoms with Crippen LogP contribution in [0.5, 0.6) is 5.75 Å². The fourth-order valence-corrected chi connectivity index (χ4v) is 3.76. The van der Waals surface area contributed by atoms with Crippen molar-refractivity contribution in [3.63, 3.8) is 0 Å². The number of esters is 1. The zero-order valence-corrected chi connectivity index (χ0v) is 18.1. The van der Waals surface area contributed by atoms with Crippen LogP contribution >= 0.6 is 0 Å². The number of ether oxygens (including phenoxy) is 2. The van der Waals surface area contributed by atoms with E-state index in [4.69, 9.17) is 9.47 Å². The van der Waals surface area contributed by atoms with Gasteiger partial charge >= 0.3 is 12.6 Å². The summed E-state index contributed by atoms with van der Waals surface area (Å²) in [4.78, 5) is 15.2. The number of carbonyl (C=O) groups is 1. The van der Waals surface area contributed by atoms with Crippen molar-refractivity contribution in [1.29, 1.82) is 0 Å². The van der Waals surface area contributed by atoms with Crippen LogP contribution in [0, 0.1) is 11.8 Å². The summed E-state index contributed by atoms with van der Waals surface area (Å²) in [6, 6.07) is 6.31. The minimum absolute atomic E-state index is 0.103. The third kappa shape index (κ3) is 7.55. The van der Waals surface area contributed by atoms with Crippen LogP contribution in [0.3, 0.4) is 0 Å². The van der Waals surface area contributed by atoms with Gasteiger partial charge in [-0.2, -0.15) is 8.78 Å². The lowest BCUT2D eigenvalue weighted by Crippen LogP contribution is -2.50. The Morgan fingerprint density at radius 3 is 2.52 bits per heavy atom. The molecule has 0 radical (unpaired) electrons. The Morgan fingerprint density at radius 2 is 1.97 bits per heavy atom. The summed E-state index contributed by atoms with van der Waals surface area (Å²) in [7, 11) is 0. The van der Waals surface area contributed by atoms with Crippen LogP contribution in [0.2, 0.25) is 0 Å². The first-order valence-electron chi connectivity index (χ1n) is 10.3. The van der Waals surface area contributed by atoms with Crippen molar-refractivity contribution in [3.05, 3.63) is 29.8 Å². The average Bonchev–Trinajstić information content (AvgIpc) is 3.08. The van der Waals surface area contributed by atoms with Crippen LogP contribution in [-0.2, 0) is 16.1 Å². The van der Waals surface area contributed by atoms with Gasteiger partial charge in [0.05, 0.1) is 0 Å². The van der Waals surface area contributed by atoms with Crippen molar-refractivity contribution < 1.29 is 23.0 Å². The molecule has 1 aliphatic heterocycles. The summed E-state index contributed by atoms with van der Waals surface area (Å²) in [5.74, 6) is 0.270. The molecule has 0 aromatic heterocycles.